The van der Waals surface area contributed by atoms with Crippen LogP contribution in [0.1, 0.15) is 23.7 Å². The molecule has 7 heteroatoms. The van der Waals surface area contributed by atoms with Crippen molar-refractivity contribution in [3.8, 4) is 10.8 Å². The highest BCUT2D eigenvalue weighted by Crippen LogP contribution is 2.29. The predicted molar refractivity (Wildman–Crippen MR) is 72.8 cm³/mol. The number of imidazole rings is 1. The van der Waals surface area contributed by atoms with E-state index in [-0.39, 0.29) is 0 Å². The first-order valence-corrected chi connectivity index (χ1v) is 6.59. The summed E-state index contributed by atoms with van der Waals surface area (Å²) in [7, 11) is 0. The largest absolute Gasteiger partial charge is 0.397 e. The molecule has 0 amide bonds. The van der Waals surface area contributed by atoms with E-state index in [2.05, 4.69) is 15.2 Å². The first-order chi connectivity index (χ1) is 9.06. The average molecular weight is 277 g/mol. The highest BCUT2D eigenvalue weighted by Gasteiger charge is 2.16. The number of hydrogen-bond donors (Lipinski definition) is 1. The van der Waals surface area contributed by atoms with E-state index in [0.29, 0.717) is 21.5 Å². The quantitative estimate of drug-likeness (QED) is 0.782. The average Bonchev–Trinajstić information content (AvgIpc) is 2.93. The summed E-state index contributed by atoms with van der Waals surface area (Å²) in [5.41, 5.74) is 8.44. The number of anilines is 1. The molecule has 0 aliphatic rings. The van der Waals surface area contributed by atoms with Gasteiger partial charge >= 0.3 is 0 Å². The van der Waals surface area contributed by atoms with Gasteiger partial charge in [0.1, 0.15) is 0 Å². The fourth-order valence-corrected chi connectivity index (χ4v) is 2.68. The van der Waals surface area contributed by atoms with Gasteiger partial charge in [-0.3, -0.25) is 4.40 Å². The first kappa shape index (κ1) is 12.0. The molecule has 5 nitrogen and oxygen atoms in total. The van der Waals surface area contributed by atoms with Crippen molar-refractivity contribution in [1.29, 1.82) is 0 Å². The van der Waals surface area contributed by atoms with Crippen LogP contribution >= 0.6 is 11.3 Å². The van der Waals surface area contributed by atoms with Gasteiger partial charge in [-0.25, -0.2) is 9.37 Å². The standard InChI is InChI=1S/C12H12FN5S/c1-6-3-8(14)9-4-15-10(18(9)5-6)12-17-16-11(19-12)7(2)13/h3-5,7H,14H2,1-2H3. The van der Waals surface area contributed by atoms with E-state index in [1.54, 1.807) is 6.20 Å². The molecule has 0 radical (unpaired) electrons. The monoisotopic (exact) mass is 277 g/mol. The number of halogens is 1. The SMILES string of the molecule is Cc1cc(N)c2cnc(-c3nnc(C(C)F)s3)n2c1. The lowest BCUT2D eigenvalue weighted by Crippen LogP contribution is -1.95. The minimum absolute atomic E-state index is 0.354. The molecule has 3 aromatic rings. The number of nitrogens with zero attached hydrogens (tertiary/aromatic N) is 4. The molecule has 3 heterocycles. The molecule has 0 fully saturated rings. The fourth-order valence-electron chi connectivity index (χ4n) is 1.91. The molecule has 0 spiro atoms. The maximum Gasteiger partial charge on any atom is 0.184 e. The second-order valence-corrected chi connectivity index (χ2v) is 5.38. The Kier molecular flexibility index (Phi) is 2.70. The van der Waals surface area contributed by atoms with Crippen LogP contribution in [0.4, 0.5) is 10.1 Å². The molecule has 3 rings (SSSR count). The Morgan fingerprint density at radius 3 is 2.89 bits per heavy atom. The number of rotatable bonds is 2. The van der Waals surface area contributed by atoms with Gasteiger partial charge in [-0.15, -0.1) is 10.2 Å². The van der Waals surface area contributed by atoms with E-state index >= 15 is 0 Å². The minimum atomic E-state index is -1.12. The Bertz CT molecular complexity index is 746. The van der Waals surface area contributed by atoms with Gasteiger partial charge in [0.2, 0.25) is 0 Å². The molecule has 0 bridgehead atoms. The summed E-state index contributed by atoms with van der Waals surface area (Å²) in [6.45, 7) is 3.39. The van der Waals surface area contributed by atoms with Crippen LogP contribution in [0.3, 0.4) is 0 Å². The van der Waals surface area contributed by atoms with E-state index in [9.17, 15) is 4.39 Å². The third kappa shape index (κ3) is 1.95. The van der Waals surface area contributed by atoms with E-state index in [1.807, 2.05) is 23.6 Å². The lowest BCUT2D eigenvalue weighted by molar-refractivity contribution is 0.371. The number of pyridine rings is 1. The number of nitrogens with two attached hydrogens (primary N) is 1. The van der Waals surface area contributed by atoms with Crippen LogP contribution in [0, 0.1) is 6.92 Å². The Morgan fingerprint density at radius 1 is 1.42 bits per heavy atom. The van der Waals surface area contributed by atoms with E-state index < -0.39 is 6.17 Å². The lowest BCUT2D eigenvalue weighted by Gasteiger charge is -2.02. The summed E-state index contributed by atoms with van der Waals surface area (Å²) >= 11 is 1.20. The molecule has 3 aromatic heterocycles. The molecule has 1 unspecified atom stereocenters. The van der Waals surface area contributed by atoms with Gasteiger partial charge in [0.05, 0.1) is 17.4 Å². The highest BCUT2D eigenvalue weighted by atomic mass is 32.1. The van der Waals surface area contributed by atoms with Gasteiger partial charge in [0, 0.05) is 6.20 Å². The third-order valence-electron chi connectivity index (χ3n) is 2.78. The summed E-state index contributed by atoms with van der Waals surface area (Å²) in [5, 5.41) is 8.77. The molecule has 2 N–H and O–H groups in total. The summed E-state index contributed by atoms with van der Waals surface area (Å²) in [6.07, 6.45) is 2.49. The molecular formula is C12H12FN5S. The molecule has 0 saturated carbocycles. The van der Waals surface area contributed by atoms with E-state index in [1.165, 1.54) is 18.3 Å². The molecule has 1 atom stereocenters. The van der Waals surface area contributed by atoms with Crippen LogP contribution in [-0.4, -0.2) is 19.6 Å². The van der Waals surface area contributed by atoms with Gasteiger partial charge in [-0.05, 0) is 25.5 Å². The summed E-state index contributed by atoms with van der Waals surface area (Å²) < 4.78 is 15.1. The van der Waals surface area contributed by atoms with E-state index in [0.717, 1.165) is 11.1 Å². The number of aromatic nitrogens is 4. The lowest BCUT2D eigenvalue weighted by atomic mass is 10.2. The van der Waals surface area contributed by atoms with Crippen molar-refractivity contribution >= 4 is 22.5 Å². The van der Waals surface area contributed by atoms with Crippen LogP contribution in [0.5, 0.6) is 0 Å². The molecule has 0 aliphatic carbocycles. The van der Waals surface area contributed by atoms with Crippen molar-refractivity contribution in [1.82, 2.24) is 19.6 Å². The van der Waals surface area contributed by atoms with Crippen LogP contribution in [0.2, 0.25) is 0 Å². The van der Waals surface area contributed by atoms with Crippen molar-refractivity contribution in [2.75, 3.05) is 5.73 Å². The molecule has 19 heavy (non-hydrogen) atoms. The molecular weight excluding hydrogens is 265 g/mol. The Balaban J connectivity index is 2.19. The zero-order valence-electron chi connectivity index (χ0n) is 10.5. The van der Waals surface area contributed by atoms with Crippen LogP contribution in [0.25, 0.3) is 16.3 Å². The topological polar surface area (TPSA) is 69.1 Å². The first-order valence-electron chi connectivity index (χ1n) is 5.77. The zero-order valence-corrected chi connectivity index (χ0v) is 11.3. The second kappa shape index (κ2) is 4.27. The van der Waals surface area contributed by atoms with Crippen molar-refractivity contribution in [3.63, 3.8) is 0 Å². The number of aryl methyl sites for hydroxylation is 1. The minimum Gasteiger partial charge on any atom is -0.397 e. The van der Waals surface area contributed by atoms with Gasteiger partial charge in [-0.1, -0.05) is 11.3 Å². The smallest absolute Gasteiger partial charge is 0.184 e. The third-order valence-corrected chi connectivity index (χ3v) is 3.85. The Morgan fingerprint density at radius 2 is 2.21 bits per heavy atom. The van der Waals surface area contributed by atoms with E-state index in [4.69, 9.17) is 5.73 Å². The maximum atomic E-state index is 13.2. The van der Waals surface area contributed by atoms with Crippen LogP contribution in [0.15, 0.2) is 18.5 Å². The van der Waals surface area contributed by atoms with Crippen molar-refractivity contribution in [2.45, 2.75) is 20.0 Å². The van der Waals surface area contributed by atoms with Crippen LogP contribution < -0.4 is 5.73 Å². The number of hydrogen-bond acceptors (Lipinski definition) is 5. The van der Waals surface area contributed by atoms with Crippen molar-refractivity contribution in [3.05, 3.63) is 29.0 Å². The summed E-state index contributed by atoms with van der Waals surface area (Å²) in [5.74, 6) is 0.634. The van der Waals surface area contributed by atoms with Gasteiger partial charge < -0.3 is 5.73 Å². The number of fused-ring (bicyclic) bond motifs is 1. The van der Waals surface area contributed by atoms with Gasteiger partial charge in [0.25, 0.3) is 0 Å². The zero-order chi connectivity index (χ0) is 13.6. The number of alkyl halides is 1. The number of nitrogen functional groups attached to an aromatic ring is 1. The highest BCUT2D eigenvalue weighted by molar-refractivity contribution is 7.14. The molecule has 98 valence electrons. The van der Waals surface area contributed by atoms with Crippen LogP contribution in [-0.2, 0) is 0 Å². The fraction of sp³-hybridized carbons (Fsp3) is 0.250. The Labute approximate surface area is 112 Å². The summed E-state index contributed by atoms with van der Waals surface area (Å²) in [4.78, 5) is 4.31. The molecule has 0 saturated heterocycles. The van der Waals surface area contributed by atoms with Gasteiger partial charge in [0.15, 0.2) is 22.0 Å². The maximum absolute atomic E-state index is 13.2. The summed E-state index contributed by atoms with van der Waals surface area (Å²) in [6, 6.07) is 1.88. The Hall–Kier alpha value is -2.02. The normalized spacial score (nSPS) is 13.0. The second-order valence-electron chi connectivity index (χ2n) is 4.37. The molecule has 0 aromatic carbocycles. The van der Waals surface area contributed by atoms with Crippen molar-refractivity contribution < 1.29 is 4.39 Å². The predicted octanol–water partition coefficient (Wildman–Crippen LogP) is 2.77. The van der Waals surface area contributed by atoms with Crippen molar-refractivity contribution in [2.24, 2.45) is 0 Å². The molecule has 0 aliphatic heterocycles. The van der Waals surface area contributed by atoms with Gasteiger partial charge in [-0.2, -0.15) is 0 Å².